The molecule has 1 saturated heterocycles. The summed E-state index contributed by atoms with van der Waals surface area (Å²) in [5, 5.41) is 53.7. The Morgan fingerprint density at radius 3 is 1.87 bits per heavy atom. The fourth-order valence-electron chi connectivity index (χ4n) is 5.32. The highest BCUT2D eigenvalue weighted by Gasteiger charge is 2.22. The highest BCUT2D eigenvalue weighted by Crippen LogP contribution is 2.27. The van der Waals surface area contributed by atoms with Gasteiger partial charge in [0.2, 0.25) is 5.91 Å². The van der Waals surface area contributed by atoms with Gasteiger partial charge in [-0.1, -0.05) is 12.1 Å². The van der Waals surface area contributed by atoms with Gasteiger partial charge in [-0.25, -0.2) is 0 Å². The van der Waals surface area contributed by atoms with Crippen molar-refractivity contribution >= 4 is 29.5 Å². The number of benzene rings is 1. The van der Waals surface area contributed by atoms with E-state index in [4.69, 9.17) is 0 Å². The summed E-state index contributed by atoms with van der Waals surface area (Å²) in [6, 6.07) is 8.43. The van der Waals surface area contributed by atoms with E-state index in [2.05, 4.69) is 15.5 Å². The minimum Gasteiger partial charge on any atom is -0.494 e. The molecule has 0 aliphatic carbocycles. The molecule has 248 valence electrons. The standard InChI is InChI=1S/C30H44N6O9/c1-21-15-26(38)36(30(21)45)8-2-3-25(37)32-23-6-4-22(5-7-23)16-24(31-17-27(39)40)18-33-9-11-34(19-28(41)42)13-14-35(12-10-33)20-29(43)44/h4-7,15,24,31,38,45H,2-3,8-14,16-20H2,1H3,(H,32,37)(H,39,40)(H,41,42)(H,43,44). The number of anilines is 1. The molecule has 45 heavy (non-hydrogen) atoms. The quantitative estimate of drug-likeness (QED) is 0.133. The zero-order valence-corrected chi connectivity index (χ0v) is 25.5. The Bertz CT molecular complexity index is 1270. The van der Waals surface area contributed by atoms with Crippen LogP contribution in [0.1, 0.15) is 24.0 Å². The molecule has 1 unspecified atom stereocenters. The van der Waals surface area contributed by atoms with E-state index < -0.39 is 17.9 Å². The van der Waals surface area contributed by atoms with Crippen LogP contribution in [0.25, 0.3) is 0 Å². The van der Waals surface area contributed by atoms with Crippen molar-refractivity contribution in [3.8, 4) is 11.8 Å². The molecule has 0 bridgehead atoms. The monoisotopic (exact) mass is 632 g/mol. The number of aromatic nitrogens is 1. The molecule has 1 fully saturated rings. The number of nitrogens with zero attached hydrogens (tertiary/aromatic N) is 4. The first-order valence-corrected chi connectivity index (χ1v) is 14.9. The second-order valence-corrected chi connectivity index (χ2v) is 11.3. The number of carboxylic acids is 3. The van der Waals surface area contributed by atoms with Gasteiger partial charge in [-0.3, -0.25) is 38.4 Å². The predicted molar refractivity (Wildman–Crippen MR) is 165 cm³/mol. The lowest BCUT2D eigenvalue weighted by molar-refractivity contribution is -0.140. The van der Waals surface area contributed by atoms with E-state index in [1.54, 1.807) is 28.9 Å². The zero-order valence-electron chi connectivity index (χ0n) is 25.5. The molecule has 1 atom stereocenters. The Hall–Kier alpha value is -4.18. The Morgan fingerprint density at radius 1 is 0.822 bits per heavy atom. The van der Waals surface area contributed by atoms with Crippen LogP contribution in [0, 0.1) is 6.92 Å². The molecule has 1 aromatic heterocycles. The van der Waals surface area contributed by atoms with Gasteiger partial charge in [-0.2, -0.15) is 0 Å². The van der Waals surface area contributed by atoms with Crippen molar-refractivity contribution in [1.29, 1.82) is 0 Å². The highest BCUT2D eigenvalue weighted by atomic mass is 16.4. The van der Waals surface area contributed by atoms with E-state index >= 15 is 0 Å². The van der Waals surface area contributed by atoms with Gasteiger partial charge in [0.15, 0.2) is 11.8 Å². The number of nitrogens with one attached hydrogen (secondary N) is 2. The molecule has 0 saturated carbocycles. The molecule has 3 rings (SSSR count). The molecule has 7 N–H and O–H groups in total. The number of aromatic hydroxyl groups is 2. The molecule has 1 amide bonds. The fraction of sp³-hybridized carbons (Fsp3) is 0.533. The summed E-state index contributed by atoms with van der Waals surface area (Å²) in [7, 11) is 0. The van der Waals surface area contributed by atoms with Crippen molar-refractivity contribution in [2.75, 3.05) is 70.8 Å². The Balaban J connectivity index is 1.59. The third-order valence-corrected chi connectivity index (χ3v) is 7.67. The molecular weight excluding hydrogens is 588 g/mol. The normalized spacial score (nSPS) is 15.9. The molecule has 15 heteroatoms. The van der Waals surface area contributed by atoms with Gasteiger partial charge >= 0.3 is 17.9 Å². The molecule has 1 aliphatic rings. The first-order chi connectivity index (χ1) is 21.4. The fourth-order valence-corrected chi connectivity index (χ4v) is 5.32. The van der Waals surface area contributed by atoms with Crippen LogP contribution in [0.2, 0.25) is 0 Å². The molecule has 2 aromatic rings. The molecule has 0 spiro atoms. The number of aryl methyl sites for hydroxylation is 1. The molecule has 1 aliphatic heterocycles. The molecule has 2 heterocycles. The van der Waals surface area contributed by atoms with Crippen LogP contribution in [-0.4, -0.2) is 140 Å². The van der Waals surface area contributed by atoms with Gasteiger partial charge in [0.05, 0.1) is 19.6 Å². The van der Waals surface area contributed by atoms with E-state index in [1.165, 1.54) is 10.6 Å². The van der Waals surface area contributed by atoms with Crippen molar-refractivity contribution in [2.24, 2.45) is 0 Å². The van der Waals surface area contributed by atoms with Gasteiger partial charge in [0.25, 0.3) is 0 Å². The van der Waals surface area contributed by atoms with Crippen molar-refractivity contribution < 1.29 is 44.7 Å². The van der Waals surface area contributed by atoms with Gasteiger partial charge < -0.3 is 36.2 Å². The van der Waals surface area contributed by atoms with Crippen molar-refractivity contribution in [3.05, 3.63) is 41.5 Å². The number of hydrogen-bond donors (Lipinski definition) is 7. The maximum Gasteiger partial charge on any atom is 0.317 e. The number of rotatable bonds is 16. The number of carbonyl (C=O) groups is 4. The van der Waals surface area contributed by atoms with Crippen LogP contribution in [0.4, 0.5) is 5.69 Å². The van der Waals surface area contributed by atoms with E-state index in [-0.39, 0.29) is 56.3 Å². The van der Waals surface area contributed by atoms with Crippen molar-refractivity contribution in [2.45, 2.75) is 38.8 Å². The van der Waals surface area contributed by atoms with Crippen LogP contribution >= 0.6 is 0 Å². The van der Waals surface area contributed by atoms with E-state index in [1.807, 2.05) is 12.1 Å². The smallest absolute Gasteiger partial charge is 0.317 e. The Labute approximate surface area is 261 Å². The lowest BCUT2D eigenvalue weighted by Gasteiger charge is -2.29. The van der Waals surface area contributed by atoms with Gasteiger partial charge in [-0.05, 0) is 37.5 Å². The van der Waals surface area contributed by atoms with Crippen molar-refractivity contribution in [1.82, 2.24) is 24.6 Å². The average molecular weight is 633 g/mol. The zero-order chi connectivity index (χ0) is 32.9. The van der Waals surface area contributed by atoms with E-state index in [9.17, 15) is 44.7 Å². The summed E-state index contributed by atoms with van der Waals surface area (Å²) in [5.41, 5.74) is 2.06. The number of carbonyl (C=O) groups excluding carboxylic acids is 1. The SMILES string of the molecule is Cc1cc(O)n(CCCC(=O)Nc2ccc(CC(CN3CCN(CC(=O)O)CCN(CC(=O)O)CC3)NCC(=O)O)cc2)c1O. The van der Waals surface area contributed by atoms with Crippen LogP contribution in [-0.2, 0) is 32.1 Å². The maximum absolute atomic E-state index is 12.5. The predicted octanol–water partition coefficient (Wildman–Crippen LogP) is 0.301. The summed E-state index contributed by atoms with van der Waals surface area (Å²) in [6.45, 7) is 4.74. The molecule has 0 radical (unpaired) electrons. The number of aliphatic carboxylic acids is 3. The summed E-state index contributed by atoms with van der Waals surface area (Å²) in [5.74, 6) is -3.22. The minimum atomic E-state index is -1.000. The molecule has 1 aromatic carbocycles. The summed E-state index contributed by atoms with van der Waals surface area (Å²) in [6.07, 6.45) is 1.08. The number of amides is 1. The molecule has 15 nitrogen and oxygen atoms in total. The van der Waals surface area contributed by atoms with E-state index in [0.717, 1.165) is 5.56 Å². The minimum absolute atomic E-state index is 0.0261. The van der Waals surface area contributed by atoms with Gasteiger partial charge in [0.1, 0.15) is 0 Å². The number of hydrogen-bond acceptors (Lipinski definition) is 10. The number of carboxylic acid groups (broad SMARTS) is 3. The lowest BCUT2D eigenvalue weighted by Crippen LogP contribution is -2.47. The van der Waals surface area contributed by atoms with Crippen LogP contribution in [0.3, 0.4) is 0 Å². The lowest BCUT2D eigenvalue weighted by atomic mass is 10.0. The maximum atomic E-state index is 12.5. The largest absolute Gasteiger partial charge is 0.494 e. The summed E-state index contributed by atoms with van der Waals surface area (Å²) < 4.78 is 1.35. The second kappa shape index (κ2) is 17.3. The topological polar surface area (TPSA) is 208 Å². The third kappa shape index (κ3) is 12.4. The first-order valence-electron chi connectivity index (χ1n) is 14.9. The first kappa shape index (κ1) is 35.3. The van der Waals surface area contributed by atoms with Crippen LogP contribution in [0.5, 0.6) is 11.8 Å². The highest BCUT2D eigenvalue weighted by molar-refractivity contribution is 5.90. The Morgan fingerprint density at radius 2 is 1.38 bits per heavy atom. The van der Waals surface area contributed by atoms with Crippen molar-refractivity contribution in [3.63, 3.8) is 0 Å². The second-order valence-electron chi connectivity index (χ2n) is 11.3. The van der Waals surface area contributed by atoms with Gasteiger partial charge in [0, 0.05) is 82.1 Å². The average Bonchev–Trinajstić information content (AvgIpc) is 3.25. The summed E-state index contributed by atoms with van der Waals surface area (Å²) >= 11 is 0. The van der Waals surface area contributed by atoms with Gasteiger partial charge in [-0.15, -0.1) is 0 Å². The summed E-state index contributed by atoms with van der Waals surface area (Å²) in [4.78, 5) is 52.2. The molecular formula is C30H44N6O9. The van der Waals surface area contributed by atoms with Crippen LogP contribution < -0.4 is 10.6 Å². The third-order valence-electron chi connectivity index (χ3n) is 7.67. The Kier molecular flexibility index (Phi) is 13.6. The van der Waals surface area contributed by atoms with E-state index in [0.29, 0.717) is 69.9 Å². The van der Waals surface area contributed by atoms with Crippen LogP contribution in [0.15, 0.2) is 30.3 Å².